The molecule has 0 spiro atoms. The van der Waals surface area contributed by atoms with Crippen molar-refractivity contribution in [2.24, 2.45) is 0 Å². The highest BCUT2D eigenvalue weighted by Gasteiger charge is 2.60. The number of carbonyl (C=O) groups is 3. The predicted octanol–water partition coefficient (Wildman–Crippen LogP) is 2.51. The van der Waals surface area contributed by atoms with Crippen molar-refractivity contribution in [1.82, 2.24) is 5.32 Å². The number of hydrogen-bond acceptors (Lipinski definition) is 4. The van der Waals surface area contributed by atoms with E-state index < -0.39 is 23.3 Å². The second-order valence-electron chi connectivity index (χ2n) is 7.21. The topological polar surface area (TPSA) is 75.7 Å². The minimum Gasteiger partial charge on any atom is -0.464 e. The summed E-state index contributed by atoms with van der Waals surface area (Å²) in [6.45, 7) is 3.12. The molecular formula is C22H22N2O4. The Balaban J connectivity index is 1.92. The van der Waals surface area contributed by atoms with Crippen LogP contribution in [0.5, 0.6) is 0 Å². The minimum absolute atomic E-state index is 0.130. The number of benzene rings is 2. The molecule has 0 aliphatic carbocycles. The van der Waals surface area contributed by atoms with Gasteiger partial charge >= 0.3 is 5.97 Å². The van der Waals surface area contributed by atoms with Gasteiger partial charge in [-0.05, 0) is 36.1 Å². The number of para-hydroxylation sites is 1. The zero-order chi connectivity index (χ0) is 19.9. The van der Waals surface area contributed by atoms with Crippen LogP contribution in [0.1, 0.15) is 43.0 Å². The number of amides is 2. The lowest BCUT2D eigenvalue weighted by molar-refractivity contribution is -0.156. The highest BCUT2D eigenvalue weighted by Crippen LogP contribution is 2.47. The monoisotopic (exact) mass is 378 g/mol. The van der Waals surface area contributed by atoms with Crippen molar-refractivity contribution in [2.75, 3.05) is 11.5 Å². The molecule has 2 aliphatic heterocycles. The first-order valence-electron chi connectivity index (χ1n) is 9.43. The molecule has 0 radical (unpaired) electrons. The lowest BCUT2D eigenvalue weighted by Crippen LogP contribution is -2.60. The Labute approximate surface area is 163 Å². The standard InChI is InChI=1S/C22H22N2O4/c1-3-28-21(27)22(23-14(2)25)13-19-17-10-6-4-8-15(17)12-16-9-5-7-11-18(16)24(19)20(22)26/h4-11,19H,3,12-13H2,1-2H3,(H,23,25). The summed E-state index contributed by atoms with van der Waals surface area (Å²) in [5, 5.41) is 2.62. The Hall–Kier alpha value is -3.15. The average Bonchev–Trinajstić information content (AvgIpc) is 2.87. The first kappa shape index (κ1) is 18.2. The molecule has 1 N–H and O–H groups in total. The summed E-state index contributed by atoms with van der Waals surface area (Å²) in [5.74, 6) is -1.60. The second-order valence-corrected chi connectivity index (χ2v) is 7.21. The molecule has 6 heteroatoms. The molecule has 2 atom stereocenters. The van der Waals surface area contributed by atoms with Gasteiger partial charge in [-0.15, -0.1) is 0 Å². The van der Waals surface area contributed by atoms with Crippen LogP contribution in [0, 0.1) is 0 Å². The van der Waals surface area contributed by atoms with Gasteiger partial charge < -0.3 is 15.0 Å². The van der Waals surface area contributed by atoms with Crippen LogP contribution in [0.25, 0.3) is 0 Å². The molecule has 4 rings (SSSR count). The SMILES string of the molecule is CCOC(=O)C1(NC(C)=O)CC2c3ccccc3Cc3ccccc3N2C1=O. The first-order chi connectivity index (χ1) is 13.5. The first-order valence-corrected chi connectivity index (χ1v) is 9.43. The third kappa shape index (κ3) is 2.68. The van der Waals surface area contributed by atoms with Gasteiger partial charge in [-0.1, -0.05) is 42.5 Å². The van der Waals surface area contributed by atoms with Crippen LogP contribution in [0.15, 0.2) is 48.5 Å². The maximum atomic E-state index is 13.6. The maximum Gasteiger partial charge on any atom is 0.341 e. The smallest absolute Gasteiger partial charge is 0.341 e. The zero-order valence-corrected chi connectivity index (χ0v) is 15.9. The van der Waals surface area contributed by atoms with E-state index in [2.05, 4.69) is 5.32 Å². The molecule has 0 saturated carbocycles. The second kappa shape index (κ2) is 6.78. The van der Waals surface area contributed by atoms with Crippen LogP contribution in [0.2, 0.25) is 0 Å². The number of hydrogen-bond donors (Lipinski definition) is 1. The molecule has 1 saturated heterocycles. The van der Waals surface area contributed by atoms with Gasteiger partial charge in [0.25, 0.3) is 5.91 Å². The van der Waals surface area contributed by atoms with E-state index in [1.807, 2.05) is 48.5 Å². The van der Waals surface area contributed by atoms with Gasteiger partial charge in [0.2, 0.25) is 11.4 Å². The fourth-order valence-electron chi connectivity index (χ4n) is 4.34. The van der Waals surface area contributed by atoms with Crippen LogP contribution in [0.4, 0.5) is 5.69 Å². The summed E-state index contributed by atoms with van der Waals surface area (Å²) in [4.78, 5) is 40.1. The highest BCUT2D eigenvalue weighted by atomic mass is 16.5. The van der Waals surface area contributed by atoms with E-state index in [1.165, 1.54) is 6.92 Å². The number of fused-ring (bicyclic) bond motifs is 5. The summed E-state index contributed by atoms with van der Waals surface area (Å²) in [7, 11) is 0. The molecule has 2 aromatic carbocycles. The number of carbonyl (C=O) groups excluding carboxylic acids is 3. The molecule has 0 bridgehead atoms. The Kier molecular flexibility index (Phi) is 4.41. The normalized spacial score (nSPS) is 22.6. The highest BCUT2D eigenvalue weighted by molar-refractivity contribution is 6.18. The Morgan fingerprint density at radius 1 is 1.14 bits per heavy atom. The molecule has 6 nitrogen and oxygen atoms in total. The van der Waals surface area contributed by atoms with Crippen LogP contribution in [0.3, 0.4) is 0 Å². The van der Waals surface area contributed by atoms with Gasteiger partial charge in [-0.3, -0.25) is 9.59 Å². The number of nitrogens with zero attached hydrogens (tertiary/aromatic N) is 1. The van der Waals surface area contributed by atoms with E-state index in [9.17, 15) is 14.4 Å². The largest absolute Gasteiger partial charge is 0.464 e. The molecule has 0 aromatic heterocycles. The van der Waals surface area contributed by atoms with E-state index in [-0.39, 0.29) is 19.1 Å². The molecule has 2 heterocycles. The van der Waals surface area contributed by atoms with E-state index >= 15 is 0 Å². The van der Waals surface area contributed by atoms with Crippen LogP contribution in [-0.4, -0.2) is 29.9 Å². The average molecular weight is 378 g/mol. The van der Waals surface area contributed by atoms with E-state index in [1.54, 1.807) is 11.8 Å². The van der Waals surface area contributed by atoms with Crippen molar-refractivity contribution < 1.29 is 19.1 Å². The van der Waals surface area contributed by atoms with Gasteiger partial charge in [-0.2, -0.15) is 0 Å². The summed E-state index contributed by atoms with van der Waals surface area (Å²) in [6.07, 6.45) is 0.842. The predicted molar refractivity (Wildman–Crippen MR) is 104 cm³/mol. The molecule has 144 valence electrons. The lowest BCUT2D eigenvalue weighted by Gasteiger charge is -2.27. The van der Waals surface area contributed by atoms with Gasteiger partial charge in [0.15, 0.2) is 0 Å². The van der Waals surface area contributed by atoms with Gasteiger partial charge in [-0.25, -0.2) is 4.79 Å². The Bertz CT molecular complexity index is 971. The van der Waals surface area contributed by atoms with Crippen molar-refractivity contribution in [3.63, 3.8) is 0 Å². The van der Waals surface area contributed by atoms with Gasteiger partial charge in [0.1, 0.15) is 0 Å². The van der Waals surface area contributed by atoms with Crippen molar-refractivity contribution in [3.8, 4) is 0 Å². The molecule has 2 aliphatic rings. The summed E-state index contributed by atoms with van der Waals surface area (Å²) in [5.41, 5.74) is 2.16. The quantitative estimate of drug-likeness (QED) is 0.658. The third-order valence-corrected chi connectivity index (χ3v) is 5.45. The number of nitrogens with one attached hydrogen (secondary N) is 1. The van der Waals surface area contributed by atoms with Crippen LogP contribution < -0.4 is 10.2 Å². The fourth-order valence-corrected chi connectivity index (χ4v) is 4.34. The summed E-state index contributed by atoms with van der Waals surface area (Å²) in [6, 6.07) is 15.3. The molecule has 1 fully saturated rings. The zero-order valence-electron chi connectivity index (χ0n) is 15.9. The number of ether oxygens (including phenoxy) is 1. The Morgan fingerprint density at radius 3 is 2.54 bits per heavy atom. The summed E-state index contributed by atoms with van der Waals surface area (Å²) >= 11 is 0. The lowest BCUT2D eigenvalue weighted by atomic mass is 9.89. The minimum atomic E-state index is -1.72. The fraction of sp³-hybridized carbons (Fsp3) is 0.318. The van der Waals surface area contributed by atoms with E-state index in [0.29, 0.717) is 6.42 Å². The summed E-state index contributed by atoms with van der Waals surface area (Å²) < 4.78 is 5.21. The molecule has 2 aromatic rings. The molecule has 2 amide bonds. The van der Waals surface area contributed by atoms with Crippen molar-refractivity contribution >= 4 is 23.5 Å². The van der Waals surface area contributed by atoms with E-state index in [0.717, 1.165) is 22.4 Å². The van der Waals surface area contributed by atoms with E-state index in [4.69, 9.17) is 4.74 Å². The molecule has 2 unspecified atom stereocenters. The number of rotatable bonds is 3. The van der Waals surface area contributed by atoms with Gasteiger partial charge in [0, 0.05) is 19.0 Å². The maximum absolute atomic E-state index is 13.6. The number of esters is 1. The number of anilines is 1. The van der Waals surface area contributed by atoms with Gasteiger partial charge in [0.05, 0.1) is 12.6 Å². The third-order valence-electron chi connectivity index (χ3n) is 5.45. The van der Waals surface area contributed by atoms with Crippen LogP contribution >= 0.6 is 0 Å². The Morgan fingerprint density at radius 2 is 1.82 bits per heavy atom. The van der Waals surface area contributed by atoms with Crippen LogP contribution in [-0.2, 0) is 25.5 Å². The van der Waals surface area contributed by atoms with Crippen molar-refractivity contribution in [3.05, 3.63) is 65.2 Å². The molecular weight excluding hydrogens is 356 g/mol. The van der Waals surface area contributed by atoms with Crippen molar-refractivity contribution in [2.45, 2.75) is 38.3 Å². The molecule has 28 heavy (non-hydrogen) atoms. The van der Waals surface area contributed by atoms with Crippen molar-refractivity contribution in [1.29, 1.82) is 0 Å².